The first-order valence-electron chi connectivity index (χ1n) is 8.13. The highest BCUT2D eigenvalue weighted by Crippen LogP contribution is 2.33. The molecule has 3 rings (SSSR count). The van der Waals surface area contributed by atoms with Crippen LogP contribution in [0.3, 0.4) is 0 Å². The van der Waals surface area contributed by atoms with Gasteiger partial charge < -0.3 is 0 Å². The van der Waals surface area contributed by atoms with Gasteiger partial charge in [0, 0.05) is 25.0 Å². The molecule has 3 unspecified atom stereocenters. The SMILES string of the molecule is CC1CC(c2ccc(F)cc2)CN1C(C)C(=O)Nc1ncccn1. The van der Waals surface area contributed by atoms with Crippen molar-refractivity contribution in [2.75, 3.05) is 11.9 Å². The maximum absolute atomic E-state index is 13.1. The van der Waals surface area contributed by atoms with Crippen molar-refractivity contribution in [1.82, 2.24) is 14.9 Å². The van der Waals surface area contributed by atoms with E-state index in [-0.39, 0.29) is 23.8 Å². The van der Waals surface area contributed by atoms with Crippen LogP contribution in [0.2, 0.25) is 0 Å². The first kappa shape index (κ1) is 16.5. The zero-order chi connectivity index (χ0) is 17.1. The average Bonchev–Trinajstić information content (AvgIpc) is 2.97. The van der Waals surface area contributed by atoms with Crippen LogP contribution >= 0.6 is 0 Å². The third-order valence-corrected chi connectivity index (χ3v) is 4.64. The molecule has 0 spiro atoms. The number of rotatable bonds is 4. The van der Waals surface area contributed by atoms with Crippen LogP contribution in [0, 0.1) is 5.82 Å². The van der Waals surface area contributed by atoms with Crippen LogP contribution in [-0.2, 0) is 4.79 Å². The smallest absolute Gasteiger partial charge is 0.243 e. The number of hydrogen-bond donors (Lipinski definition) is 1. The molecule has 1 N–H and O–H groups in total. The second-order valence-corrected chi connectivity index (χ2v) is 6.27. The molecule has 126 valence electrons. The summed E-state index contributed by atoms with van der Waals surface area (Å²) in [5.74, 6) is 0.283. The number of aromatic nitrogens is 2. The Morgan fingerprint density at radius 2 is 1.96 bits per heavy atom. The number of carbonyl (C=O) groups excluding carboxylic acids is 1. The Morgan fingerprint density at radius 3 is 2.62 bits per heavy atom. The molecular formula is C18H21FN4O. The number of halogens is 1. The zero-order valence-electron chi connectivity index (χ0n) is 13.8. The summed E-state index contributed by atoms with van der Waals surface area (Å²) < 4.78 is 13.1. The van der Waals surface area contributed by atoms with Crippen molar-refractivity contribution in [2.24, 2.45) is 0 Å². The van der Waals surface area contributed by atoms with Crippen LogP contribution in [0.5, 0.6) is 0 Å². The lowest BCUT2D eigenvalue weighted by atomic mass is 9.97. The van der Waals surface area contributed by atoms with Crippen LogP contribution < -0.4 is 5.32 Å². The van der Waals surface area contributed by atoms with Gasteiger partial charge in [-0.05, 0) is 49.9 Å². The van der Waals surface area contributed by atoms with Crippen molar-refractivity contribution in [3.63, 3.8) is 0 Å². The molecule has 1 aliphatic heterocycles. The Balaban J connectivity index is 1.65. The van der Waals surface area contributed by atoms with Crippen LogP contribution in [0.4, 0.5) is 10.3 Å². The Labute approximate surface area is 140 Å². The number of benzene rings is 1. The fourth-order valence-electron chi connectivity index (χ4n) is 3.30. The number of anilines is 1. The van der Waals surface area contributed by atoms with E-state index in [1.165, 1.54) is 12.1 Å². The molecule has 5 nitrogen and oxygen atoms in total. The third-order valence-electron chi connectivity index (χ3n) is 4.64. The van der Waals surface area contributed by atoms with Crippen molar-refractivity contribution in [2.45, 2.75) is 38.3 Å². The maximum Gasteiger partial charge on any atom is 0.243 e. The molecule has 0 saturated carbocycles. The molecule has 1 saturated heterocycles. The first-order chi connectivity index (χ1) is 11.5. The van der Waals surface area contributed by atoms with E-state index in [0.29, 0.717) is 11.9 Å². The summed E-state index contributed by atoms with van der Waals surface area (Å²) in [6, 6.07) is 8.34. The zero-order valence-corrected chi connectivity index (χ0v) is 13.8. The molecule has 0 radical (unpaired) electrons. The highest BCUT2D eigenvalue weighted by molar-refractivity contribution is 5.93. The molecule has 0 aliphatic carbocycles. The highest BCUT2D eigenvalue weighted by Gasteiger charge is 2.35. The van der Waals surface area contributed by atoms with Crippen molar-refractivity contribution in [1.29, 1.82) is 0 Å². The molecule has 1 aliphatic rings. The molecule has 24 heavy (non-hydrogen) atoms. The lowest BCUT2D eigenvalue weighted by Crippen LogP contribution is -2.44. The van der Waals surface area contributed by atoms with Crippen LogP contribution in [0.25, 0.3) is 0 Å². The number of carbonyl (C=O) groups is 1. The van der Waals surface area contributed by atoms with Crippen molar-refractivity contribution in [3.8, 4) is 0 Å². The minimum absolute atomic E-state index is 0.118. The predicted octanol–water partition coefficient (Wildman–Crippen LogP) is 2.82. The van der Waals surface area contributed by atoms with Gasteiger partial charge in [-0.2, -0.15) is 0 Å². The minimum atomic E-state index is -0.283. The predicted molar refractivity (Wildman–Crippen MR) is 90.0 cm³/mol. The van der Waals surface area contributed by atoms with E-state index in [1.54, 1.807) is 18.5 Å². The summed E-state index contributed by atoms with van der Waals surface area (Å²) in [4.78, 5) is 22.7. The molecule has 2 heterocycles. The molecule has 1 fully saturated rings. The van der Waals surface area contributed by atoms with Gasteiger partial charge in [0.15, 0.2) is 0 Å². The molecule has 3 atom stereocenters. The summed E-state index contributed by atoms with van der Waals surface area (Å²) in [7, 11) is 0. The van der Waals surface area contributed by atoms with Crippen molar-refractivity contribution < 1.29 is 9.18 Å². The first-order valence-corrected chi connectivity index (χ1v) is 8.13. The largest absolute Gasteiger partial charge is 0.293 e. The molecule has 1 aromatic heterocycles. The standard InChI is InChI=1S/C18H21FN4O/c1-12-10-15(14-4-6-16(19)7-5-14)11-23(12)13(2)17(24)22-18-20-8-3-9-21-18/h3-9,12-13,15H,10-11H2,1-2H3,(H,20,21,22,24). The summed E-state index contributed by atoms with van der Waals surface area (Å²) in [5, 5.41) is 2.75. The van der Waals surface area contributed by atoms with E-state index < -0.39 is 0 Å². The molecule has 2 aromatic rings. The number of amides is 1. The third kappa shape index (κ3) is 3.59. The van der Waals surface area contributed by atoms with E-state index >= 15 is 0 Å². The van der Waals surface area contributed by atoms with Crippen LogP contribution in [0.1, 0.15) is 31.7 Å². The van der Waals surface area contributed by atoms with Gasteiger partial charge in [-0.15, -0.1) is 0 Å². The summed E-state index contributed by atoms with van der Waals surface area (Å²) >= 11 is 0. The fourth-order valence-corrected chi connectivity index (χ4v) is 3.30. The number of likely N-dealkylation sites (tertiary alicyclic amines) is 1. The molecule has 0 bridgehead atoms. The van der Waals surface area contributed by atoms with E-state index in [0.717, 1.165) is 18.5 Å². The normalized spacial score (nSPS) is 22.3. The second-order valence-electron chi connectivity index (χ2n) is 6.27. The van der Waals surface area contributed by atoms with Gasteiger partial charge in [-0.25, -0.2) is 14.4 Å². The maximum atomic E-state index is 13.1. The Morgan fingerprint density at radius 1 is 1.29 bits per heavy atom. The monoisotopic (exact) mass is 328 g/mol. The van der Waals surface area contributed by atoms with Gasteiger partial charge >= 0.3 is 0 Å². The average molecular weight is 328 g/mol. The van der Waals surface area contributed by atoms with Crippen LogP contribution in [0.15, 0.2) is 42.7 Å². The van der Waals surface area contributed by atoms with Crippen molar-refractivity contribution in [3.05, 3.63) is 54.1 Å². The number of nitrogens with zero attached hydrogens (tertiary/aromatic N) is 3. The van der Waals surface area contributed by atoms with Crippen molar-refractivity contribution >= 4 is 11.9 Å². The van der Waals surface area contributed by atoms with Crippen LogP contribution in [-0.4, -0.2) is 39.4 Å². The lowest BCUT2D eigenvalue weighted by Gasteiger charge is -2.27. The quantitative estimate of drug-likeness (QED) is 0.938. The van der Waals surface area contributed by atoms with Gasteiger partial charge in [0.05, 0.1) is 6.04 Å². The second kappa shape index (κ2) is 7.05. The van der Waals surface area contributed by atoms with E-state index in [4.69, 9.17) is 0 Å². The Hall–Kier alpha value is -2.34. The topological polar surface area (TPSA) is 58.1 Å². The Bertz CT molecular complexity index is 692. The highest BCUT2D eigenvalue weighted by atomic mass is 19.1. The summed E-state index contributed by atoms with van der Waals surface area (Å²) in [6.07, 6.45) is 4.14. The van der Waals surface area contributed by atoms with Gasteiger partial charge in [0.2, 0.25) is 11.9 Å². The molecule has 1 amide bonds. The van der Waals surface area contributed by atoms with E-state index in [2.05, 4.69) is 27.1 Å². The van der Waals surface area contributed by atoms with Gasteiger partial charge in [-0.3, -0.25) is 15.0 Å². The van der Waals surface area contributed by atoms with Gasteiger partial charge in [0.1, 0.15) is 5.82 Å². The lowest BCUT2D eigenvalue weighted by molar-refractivity contribution is -0.121. The summed E-state index contributed by atoms with van der Waals surface area (Å²) in [5.41, 5.74) is 1.12. The number of hydrogen-bond acceptors (Lipinski definition) is 4. The molecule has 1 aromatic carbocycles. The summed E-state index contributed by atoms with van der Waals surface area (Å²) in [6.45, 7) is 4.78. The van der Waals surface area contributed by atoms with E-state index in [9.17, 15) is 9.18 Å². The minimum Gasteiger partial charge on any atom is -0.293 e. The molecule has 6 heteroatoms. The number of nitrogens with one attached hydrogen (secondary N) is 1. The van der Waals surface area contributed by atoms with E-state index in [1.807, 2.05) is 19.1 Å². The van der Waals surface area contributed by atoms with Gasteiger partial charge in [-0.1, -0.05) is 12.1 Å². The van der Waals surface area contributed by atoms with Gasteiger partial charge in [0.25, 0.3) is 0 Å². The Kier molecular flexibility index (Phi) is 4.85. The molecular weight excluding hydrogens is 307 g/mol. The fraction of sp³-hybridized carbons (Fsp3) is 0.389.